The smallest absolute Gasteiger partial charge is 0.146 e. The van der Waals surface area contributed by atoms with Gasteiger partial charge in [-0.15, -0.1) is 0 Å². The molecule has 0 aliphatic rings. The second kappa shape index (κ2) is 4.81. The number of hydrogen-bond acceptors (Lipinski definition) is 4. The van der Waals surface area contributed by atoms with Gasteiger partial charge in [0.05, 0.1) is 5.69 Å². The average Bonchev–Trinajstić information content (AvgIpc) is 2.18. The molecule has 0 aliphatic carbocycles. The largest absolute Gasteiger partial charge is 0.396 e. The van der Waals surface area contributed by atoms with E-state index < -0.39 is 0 Å². The molecule has 0 aromatic carbocycles. The average molecular weight is 194 g/mol. The maximum atomic E-state index is 5.96. The number of unbranched alkanes of at least 4 members (excludes halogenated alkanes) is 1. The van der Waals surface area contributed by atoms with Crippen molar-refractivity contribution in [2.75, 3.05) is 11.5 Å². The maximum Gasteiger partial charge on any atom is 0.146 e. The van der Waals surface area contributed by atoms with Crippen LogP contribution in [0.3, 0.4) is 0 Å². The number of nitrogen functional groups attached to an aromatic ring is 2. The van der Waals surface area contributed by atoms with Crippen LogP contribution in [0.2, 0.25) is 0 Å². The number of rotatable bonds is 4. The zero-order valence-electron chi connectivity index (χ0n) is 8.53. The third kappa shape index (κ3) is 2.60. The normalized spacial score (nSPS) is 12.7. The monoisotopic (exact) mass is 194 g/mol. The first-order valence-corrected chi connectivity index (χ1v) is 4.91. The molecule has 0 spiro atoms. The van der Waals surface area contributed by atoms with Gasteiger partial charge in [0.2, 0.25) is 0 Å². The topological polar surface area (TPSA) is 90.9 Å². The fourth-order valence-electron chi connectivity index (χ4n) is 1.30. The molecule has 0 bridgehead atoms. The van der Waals surface area contributed by atoms with E-state index >= 15 is 0 Å². The second-order valence-corrected chi connectivity index (χ2v) is 3.49. The third-order valence-corrected chi connectivity index (χ3v) is 2.27. The van der Waals surface area contributed by atoms with Crippen molar-refractivity contribution in [3.8, 4) is 0 Å². The quantitative estimate of drug-likeness (QED) is 0.676. The van der Waals surface area contributed by atoms with E-state index in [2.05, 4.69) is 11.9 Å². The van der Waals surface area contributed by atoms with Crippen molar-refractivity contribution in [1.82, 2.24) is 4.98 Å². The van der Waals surface area contributed by atoms with Gasteiger partial charge < -0.3 is 17.2 Å². The Bertz CT molecular complexity index is 298. The highest BCUT2D eigenvalue weighted by Crippen LogP contribution is 2.20. The Hall–Kier alpha value is -1.29. The van der Waals surface area contributed by atoms with Gasteiger partial charge in [-0.25, -0.2) is 4.98 Å². The predicted octanol–water partition coefficient (Wildman–Crippen LogP) is 1.44. The molecular formula is C10H18N4. The lowest BCUT2D eigenvalue weighted by Crippen LogP contribution is -2.11. The molecule has 0 aliphatic heterocycles. The molecule has 0 radical (unpaired) electrons. The molecule has 1 rings (SSSR count). The summed E-state index contributed by atoms with van der Waals surface area (Å²) < 4.78 is 0. The molecule has 6 N–H and O–H groups in total. The lowest BCUT2D eigenvalue weighted by atomic mass is 10.0. The molecular weight excluding hydrogens is 176 g/mol. The molecule has 1 aromatic rings. The molecule has 4 heteroatoms. The number of aromatic nitrogens is 1. The zero-order chi connectivity index (χ0) is 10.6. The van der Waals surface area contributed by atoms with Gasteiger partial charge >= 0.3 is 0 Å². The lowest BCUT2D eigenvalue weighted by molar-refractivity contribution is 0.602. The van der Waals surface area contributed by atoms with Gasteiger partial charge in [0.1, 0.15) is 5.82 Å². The Kier molecular flexibility index (Phi) is 3.71. The van der Waals surface area contributed by atoms with Gasteiger partial charge in [-0.2, -0.15) is 0 Å². The van der Waals surface area contributed by atoms with Crippen LogP contribution in [0.5, 0.6) is 0 Å². The summed E-state index contributed by atoms with van der Waals surface area (Å²) in [6.45, 7) is 2.14. The van der Waals surface area contributed by atoms with E-state index in [1.54, 1.807) is 6.20 Å². The van der Waals surface area contributed by atoms with E-state index in [0.29, 0.717) is 11.5 Å². The van der Waals surface area contributed by atoms with Crippen molar-refractivity contribution in [2.45, 2.75) is 32.2 Å². The fraction of sp³-hybridized carbons (Fsp3) is 0.500. The van der Waals surface area contributed by atoms with Crippen molar-refractivity contribution < 1.29 is 0 Å². The maximum absolute atomic E-state index is 5.96. The first-order valence-electron chi connectivity index (χ1n) is 4.91. The van der Waals surface area contributed by atoms with E-state index in [0.717, 1.165) is 24.8 Å². The molecule has 0 amide bonds. The minimum absolute atomic E-state index is 0.0188. The summed E-state index contributed by atoms with van der Waals surface area (Å²) in [6, 6.07) is 1.83. The number of nitrogens with two attached hydrogens (primary N) is 3. The molecule has 14 heavy (non-hydrogen) atoms. The number of hydrogen-bond donors (Lipinski definition) is 3. The van der Waals surface area contributed by atoms with Gasteiger partial charge in [-0.3, -0.25) is 0 Å². The van der Waals surface area contributed by atoms with Gasteiger partial charge in [-0.05, 0) is 18.1 Å². The van der Waals surface area contributed by atoms with Crippen LogP contribution in [-0.2, 0) is 0 Å². The first-order chi connectivity index (χ1) is 6.65. The SMILES string of the molecule is CCCCC(N)c1cnc(N)c(N)c1. The molecule has 0 fully saturated rings. The molecule has 0 saturated heterocycles. The summed E-state index contributed by atoms with van der Waals surface area (Å²) in [6.07, 6.45) is 4.92. The van der Waals surface area contributed by atoms with Crippen LogP contribution >= 0.6 is 0 Å². The van der Waals surface area contributed by atoms with Gasteiger partial charge in [0.15, 0.2) is 0 Å². The summed E-state index contributed by atoms with van der Waals surface area (Å²) in [5.74, 6) is 0.372. The molecule has 1 aromatic heterocycles. The zero-order valence-corrected chi connectivity index (χ0v) is 8.53. The standard InChI is InChI=1S/C10H18N4/c1-2-3-4-8(11)7-5-9(12)10(13)14-6-7/h5-6,8H,2-4,11-12H2,1H3,(H2,13,14). The highest BCUT2D eigenvalue weighted by atomic mass is 14.9. The summed E-state index contributed by atoms with van der Waals surface area (Å²) >= 11 is 0. The molecule has 1 unspecified atom stereocenters. The lowest BCUT2D eigenvalue weighted by Gasteiger charge is -2.11. The summed E-state index contributed by atoms with van der Waals surface area (Å²) in [5, 5.41) is 0. The Labute approximate surface area is 84.5 Å². The van der Waals surface area contributed by atoms with Crippen LogP contribution in [0, 0.1) is 0 Å². The van der Waals surface area contributed by atoms with Crippen LogP contribution in [0.1, 0.15) is 37.8 Å². The van der Waals surface area contributed by atoms with Gasteiger partial charge in [0, 0.05) is 12.2 Å². The Morgan fingerprint density at radius 1 is 1.43 bits per heavy atom. The molecule has 1 atom stereocenters. The summed E-state index contributed by atoms with van der Waals surface area (Å²) in [4.78, 5) is 3.98. The van der Waals surface area contributed by atoms with E-state index in [1.807, 2.05) is 6.07 Å². The third-order valence-electron chi connectivity index (χ3n) is 2.27. The molecule has 0 saturated carbocycles. The van der Waals surface area contributed by atoms with Crippen LogP contribution in [0.15, 0.2) is 12.3 Å². The minimum atomic E-state index is 0.0188. The molecule has 4 nitrogen and oxygen atoms in total. The predicted molar refractivity (Wildman–Crippen MR) is 59.5 cm³/mol. The van der Waals surface area contributed by atoms with Gasteiger partial charge in [-0.1, -0.05) is 19.8 Å². The van der Waals surface area contributed by atoms with Crippen molar-refractivity contribution in [1.29, 1.82) is 0 Å². The van der Waals surface area contributed by atoms with E-state index in [9.17, 15) is 0 Å². The minimum Gasteiger partial charge on any atom is -0.396 e. The van der Waals surface area contributed by atoms with Gasteiger partial charge in [0.25, 0.3) is 0 Å². The first kappa shape index (κ1) is 10.8. The Balaban J connectivity index is 2.70. The van der Waals surface area contributed by atoms with Crippen LogP contribution in [0.25, 0.3) is 0 Å². The Morgan fingerprint density at radius 2 is 2.14 bits per heavy atom. The van der Waals surface area contributed by atoms with Crippen molar-refractivity contribution in [3.63, 3.8) is 0 Å². The van der Waals surface area contributed by atoms with E-state index in [4.69, 9.17) is 17.2 Å². The fourth-order valence-corrected chi connectivity index (χ4v) is 1.30. The second-order valence-electron chi connectivity index (χ2n) is 3.49. The van der Waals surface area contributed by atoms with E-state index in [1.165, 1.54) is 0 Å². The van der Waals surface area contributed by atoms with Crippen molar-refractivity contribution >= 4 is 11.5 Å². The summed E-state index contributed by atoms with van der Waals surface area (Å²) in [7, 11) is 0. The van der Waals surface area contributed by atoms with E-state index in [-0.39, 0.29) is 6.04 Å². The number of pyridine rings is 1. The van der Waals surface area contributed by atoms with Crippen molar-refractivity contribution in [3.05, 3.63) is 17.8 Å². The van der Waals surface area contributed by atoms with Crippen LogP contribution in [-0.4, -0.2) is 4.98 Å². The highest BCUT2D eigenvalue weighted by molar-refractivity contribution is 5.58. The van der Waals surface area contributed by atoms with Crippen molar-refractivity contribution in [2.24, 2.45) is 5.73 Å². The molecule has 78 valence electrons. The van der Waals surface area contributed by atoms with Crippen LogP contribution < -0.4 is 17.2 Å². The molecule has 1 heterocycles. The Morgan fingerprint density at radius 3 is 2.71 bits per heavy atom. The number of anilines is 2. The van der Waals surface area contributed by atoms with Crippen LogP contribution in [0.4, 0.5) is 11.5 Å². The number of nitrogens with zero attached hydrogens (tertiary/aromatic N) is 1. The highest BCUT2D eigenvalue weighted by Gasteiger charge is 2.07. The summed E-state index contributed by atoms with van der Waals surface area (Å²) in [5.41, 5.74) is 18.6.